The van der Waals surface area contributed by atoms with Gasteiger partial charge in [-0.15, -0.1) is 0 Å². The first kappa shape index (κ1) is 100. The molecule has 0 spiro atoms. The molecule has 16 atom stereocenters. The highest BCUT2D eigenvalue weighted by Crippen LogP contribution is 2.28. The average Bonchev–Trinajstić information content (AvgIpc) is 1.69. The summed E-state index contributed by atoms with van der Waals surface area (Å²) in [7, 11) is 2.82. The largest absolute Gasteiger partial charge is 0.508 e. The molecule has 0 saturated carbocycles. The fourth-order valence-electron chi connectivity index (χ4n) is 13.0. The number of carbonyl (C=O) groups excluding carboxylic acids is 17. The van der Waals surface area contributed by atoms with Gasteiger partial charge in [0.15, 0.2) is 5.96 Å². The molecule has 2 bridgehead atoms. The van der Waals surface area contributed by atoms with Crippen LogP contribution in [0.3, 0.4) is 0 Å². The molecule has 48 nitrogen and oxygen atoms in total. The van der Waals surface area contributed by atoms with Gasteiger partial charge in [-0.3, -0.25) is 101 Å². The van der Waals surface area contributed by atoms with Gasteiger partial charge in [0.2, 0.25) is 100 Å². The summed E-state index contributed by atoms with van der Waals surface area (Å²) in [6.07, 6.45) is -3.96. The molecule has 4 saturated heterocycles. The van der Waals surface area contributed by atoms with E-state index in [1.807, 2.05) is 0 Å². The Hall–Kier alpha value is -11.8. The van der Waals surface area contributed by atoms with Gasteiger partial charge in [-0.25, -0.2) is 4.98 Å². The highest BCUT2D eigenvalue weighted by molar-refractivity contribution is 8.77. The summed E-state index contributed by atoms with van der Waals surface area (Å²) < 4.78 is 0. The Labute approximate surface area is 717 Å². The number of phenolic OH excluding ortho intramolecular Hbond substituents is 1. The van der Waals surface area contributed by atoms with Crippen LogP contribution in [0.15, 0.2) is 36.8 Å². The lowest BCUT2D eigenvalue weighted by atomic mass is 9.97. The minimum absolute atomic E-state index is 0.0588. The lowest BCUT2D eigenvalue weighted by molar-refractivity contribution is -0.146. The molecule has 52 heteroatoms. The molecule has 4 aliphatic heterocycles. The maximum atomic E-state index is 15.1. The number of hydrogen-bond acceptors (Lipinski definition) is 29. The van der Waals surface area contributed by atoms with Crippen molar-refractivity contribution in [3.05, 3.63) is 48.0 Å². The summed E-state index contributed by atoms with van der Waals surface area (Å²) in [5, 5.41) is 92.5. The van der Waals surface area contributed by atoms with Gasteiger partial charge in [0.1, 0.15) is 96.4 Å². The number of primary amides is 2. The van der Waals surface area contributed by atoms with Crippen LogP contribution in [0.5, 0.6) is 5.75 Å². The third-order valence-corrected chi connectivity index (χ3v) is 24.5. The third-order valence-electron chi connectivity index (χ3n) is 19.7. The maximum absolute atomic E-state index is 15.1. The van der Waals surface area contributed by atoms with Crippen LogP contribution in [-0.4, -0.2) is 316 Å². The van der Waals surface area contributed by atoms with Crippen molar-refractivity contribution in [1.82, 2.24) is 94.2 Å². The van der Waals surface area contributed by atoms with E-state index in [4.69, 9.17) is 28.3 Å². The molecule has 0 aliphatic carbocycles. The van der Waals surface area contributed by atoms with E-state index in [1.165, 1.54) is 43.7 Å². The summed E-state index contributed by atoms with van der Waals surface area (Å²) in [5.41, 5.74) is 23.1. The average molecular weight is 1810 g/mol. The Balaban J connectivity index is 1.54. The number of aromatic amines is 1. The normalized spacial score (nSPS) is 26.5. The van der Waals surface area contributed by atoms with E-state index in [0.29, 0.717) is 32.4 Å². The number of nitrogens with zero attached hydrogens (tertiary/aromatic N) is 3. The molecule has 5 heterocycles. The first-order valence-electron chi connectivity index (χ1n) is 38.7. The number of carbonyl (C=O) groups is 20. The zero-order valence-electron chi connectivity index (χ0n) is 66.7. The van der Waals surface area contributed by atoms with Crippen LogP contribution in [0.4, 0.5) is 0 Å². The van der Waals surface area contributed by atoms with Gasteiger partial charge in [-0.1, -0.05) is 75.6 Å². The summed E-state index contributed by atoms with van der Waals surface area (Å²) in [4.78, 5) is 292. The number of aromatic nitrogens is 2. The Kier molecular flexibility index (Phi) is 40.1. The van der Waals surface area contributed by atoms with Crippen molar-refractivity contribution in [3.63, 3.8) is 0 Å². The number of aliphatic hydroxyl groups excluding tert-OH is 1. The van der Waals surface area contributed by atoms with Crippen molar-refractivity contribution in [2.75, 3.05) is 55.8 Å². The number of guanidine groups is 1. The fraction of sp³-hybridized carbons (Fsp3) is 0.577. The van der Waals surface area contributed by atoms with Crippen LogP contribution < -0.4 is 97.4 Å². The number of H-pyrrole nitrogens is 1. The number of aliphatic hydroxyl groups is 1. The quantitative estimate of drug-likeness (QED) is 0.0213. The molecule has 2 aromatic rings. The molecule has 1 aromatic carbocycles. The van der Waals surface area contributed by atoms with Crippen LogP contribution in [0.25, 0.3) is 0 Å². The molecule has 29 N–H and O–H groups in total. The number of imidazole rings is 1. The third kappa shape index (κ3) is 31.9. The number of hydrogen-bond donors (Lipinski definition) is 25. The first-order valence-corrected chi connectivity index (χ1v) is 43.7. The fourth-order valence-corrected chi connectivity index (χ4v) is 17.7. The lowest BCUT2D eigenvalue weighted by Crippen LogP contribution is -2.62. The van der Waals surface area contributed by atoms with E-state index in [2.05, 4.69) is 84.4 Å². The molecule has 123 heavy (non-hydrogen) atoms. The van der Waals surface area contributed by atoms with Crippen molar-refractivity contribution in [2.24, 2.45) is 28.9 Å². The molecular weight excluding hydrogens is 1700 g/mol. The van der Waals surface area contributed by atoms with E-state index in [1.54, 1.807) is 6.92 Å². The number of aromatic hydroxyl groups is 1. The van der Waals surface area contributed by atoms with Gasteiger partial charge in [0, 0.05) is 73.8 Å². The van der Waals surface area contributed by atoms with Crippen molar-refractivity contribution in [2.45, 2.75) is 194 Å². The molecule has 1 aromatic heterocycles. The van der Waals surface area contributed by atoms with Gasteiger partial charge in [0.25, 0.3) is 0 Å². The Morgan fingerprint density at radius 1 is 0.545 bits per heavy atom. The number of carboxylic acid groups (broad SMARTS) is 3. The molecule has 0 radical (unpaired) electrons. The van der Waals surface area contributed by atoms with Crippen molar-refractivity contribution in [1.29, 1.82) is 5.41 Å². The predicted molar refractivity (Wildman–Crippen MR) is 438 cm³/mol. The Morgan fingerprint density at radius 2 is 1.02 bits per heavy atom. The first-order chi connectivity index (χ1) is 58.3. The number of rotatable bonds is 23. The lowest BCUT2D eigenvalue weighted by Gasteiger charge is -2.31. The number of phenols is 1. The van der Waals surface area contributed by atoms with E-state index in [-0.39, 0.29) is 81.6 Å². The predicted octanol–water partition coefficient (Wildman–Crippen LogP) is -9.59. The summed E-state index contributed by atoms with van der Waals surface area (Å²) in [6, 6.07) is -22.7. The number of benzene rings is 1. The highest BCUT2D eigenvalue weighted by Gasteiger charge is 2.45. The summed E-state index contributed by atoms with van der Waals surface area (Å²) in [6.45, 7) is 0.496. The number of fused-ring (bicyclic) bond motifs is 10. The van der Waals surface area contributed by atoms with Gasteiger partial charge in [-0.2, -0.15) is 0 Å². The van der Waals surface area contributed by atoms with Crippen molar-refractivity contribution < 1.29 is 121 Å². The second kappa shape index (κ2) is 49.4. The second-order valence-corrected chi connectivity index (χ2v) is 34.0. The van der Waals surface area contributed by atoms with Crippen molar-refractivity contribution in [3.8, 4) is 5.75 Å². The van der Waals surface area contributed by atoms with Crippen LogP contribution >= 0.6 is 43.2 Å². The molecule has 4 aliphatic rings. The summed E-state index contributed by atoms with van der Waals surface area (Å²) >= 11 is 0. The topological polar surface area (TPSA) is 774 Å². The number of nitrogens with two attached hydrogens (primary N) is 4. The SMILES string of the molecule is CC[C@H](C)[C@@H]1NC(=O)[C@H](CCC(=O)O)NC(=O)[C@@H]2CCCN2C(=O)[C@H](Cc2cnc[nH]2)NC(=O)[C@H](CC(=O)O)NC(=O)[C@H](Cc2ccc(O)cc2)NC(=O)[C@H](CC(N)=O)NC(=O)[C@H]2CSSC[C@H](NC(=O)CN)C(=O)N[C@H](CSSC[C@@H](C(N)=O)NC1=O)C(=O)N[C@@H](CO)C(=O)N[C@@H](CC(=O)O)C(=O)N1CCC[C@H]1C(=O)N[C@@H](CCCNC(=N)N)C(=O)N2. The standard InChI is InChI=1S/C71H103N23O25S4/c1-3-32(2)55-68(117)89-44(56(74)105)27-120-122-30-47-65(114)88-43(26-95)62(111)87-42(23-54(103)104)70(119)94-18-6-8-48(94)66(115)81-36(7-4-16-78-71(75)76)57(106)90-46(29-123-121-28-45(63(112)91-47)80-51(98)24-72)64(113)84-39(21-50(73)97)60(109)83-38(19-33-10-12-35(96)13-11-33)59(108)85-40(22-53(101)102)61(110)86-41(20-34-25-77-31-79-34)69(118)93-17-5-9-49(93)67(116)82-37(58(107)92-55)14-15-52(99)100/h10-13,25,31-32,36-49,55,95-96H,3-9,14-24,26-30,72H2,1-2H3,(H2,73,97)(H2,74,105)(H,77,79)(H,80,98)(H,81,115)(H,82,116)(H,83,109)(H,84,113)(H,85,108)(H,86,110)(H,87,111)(H,88,114)(H,89,117)(H,90,106)(H,91,112)(H,92,107)(H,99,100)(H,101,102)(H,103,104)(H4,75,76,78)/t32-,36-,37-,38-,39-,40-,41-,42-,43-,44-,45-,46+,47+,48-,49-,55-/m0/s1. The number of aliphatic carboxylic acids is 3. The van der Waals surface area contributed by atoms with E-state index < -0.39 is 302 Å². The van der Waals surface area contributed by atoms with Gasteiger partial charge < -0.3 is 138 Å². The molecule has 676 valence electrons. The van der Waals surface area contributed by atoms with Crippen LogP contribution in [0.2, 0.25) is 0 Å². The van der Waals surface area contributed by atoms with E-state index in [9.17, 15) is 112 Å². The minimum atomic E-state index is -2.18. The van der Waals surface area contributed by atoms with E-state index in [0.717, 1.165) is 20.6 Å². The van der Waals surface area contributed by atoms with Gasteiger partial charge >= 0.3 is 17.9 Å². The summed E-state index contributed by atoms with van der Waals surface area (Å²) in [5.74, 6) is -29.2. The van der Waals surface area contributed by atoms with Crippen LogP contribution in [0, 0.1) is 11.3 Å². The van der Waals surface area contributed by atoms with Gasteiger partial charge in [0.05, 0.1) is 38.7 Å². The van der Waals surface area contributed by atoms with Crippen molar-refractivity contribution >= 4 is 167 Å². The zero-order valence-corrected chi connectivity index (χ0v) is 69.9. The van der Waals surface area contributed by atoms with Gasteiger partial charge in [-0.05, 0) is 68.6 Å². The second-order valence-electron chi connectivity index (χ2n) is 28.9. The molecule has 4 fully saturated rings. The number of amides is 17. The number of carboxylic acids is 3. The van der Waals surface area contributed by atoms with Crippen LogP contribution in [0.1, 0.15) is 102 Å². The molecule has 17 amide bonds. The van der Waals surface area contributed by atoms with Crippen LogP contribution in [-0.2, 0) is 109 Å². The zero-order chi connectivity index (χ0) is 90.9. The minimum Gasteiger partial charge on any atom is -0.508 e. The molecule has 0 unspecified atom stereocenters. The molecule has 6 rings (SSSR count). The monoisotopic (exact) mass is 1810 g/mol. The Morgan fingerprint density at radius 3 is 1.56 bits per heavy atom. The smallest absolute Gasteiger partial charge is 0.305 e. The number of nitrogens with one attached hydrogen (secondary N) is 16. The highest BCUT2D eigenvalue weighted by atomic mass is 33.1. The van der Waals surface area contributed by atoms with E-state index >= 15 is 9.59 Å². The Bertz CT molecular complexity index is 4200. The maximum Gasteiger partial charge on any atom is 0.305 e. The molecular formula is C71H103N23O25S4.